The largest absolute Gasteiger partial charge is 0.497 e. The first-order chi connectivity index (χ1) is 14.2. The zero-order valence-electron chi connectivity index (χ0n) is 16.7. The molecule has 4 heteroatoms. The molecule has 29 heavy (non-hydrogen) atoms. The molecule has 0 unspecified atom stereocenters. The van der Waals surface area contributed by atoms with Gasteiger partial charge in [0, 0.05) is 23.7 Å². The maximum atomic E-state index is 5.95. The number of halogens is 1. The van der Waals surface area contributed by atoms with Crippen molar-refractivity contribution in [1.29, 1.82) is 0 Å². The van der Waals surface area contributed by atoms with E-state index in [0.29, 0.717) is 6.54 Å². The molecule has 0 bridgehead atoms. The Bertz CT molecular complexity index is 905. The Hall–Kier alpha value is -2.93. The third-order valence-electron chi connectivity index (χ3n) is 4.51. The van der Waals surface area contributed by atoms with E-state index in [9.17, 15) is 0 Å². The SMILES string of the molecule is COc1ccc(CN(CC#Cc2ccc(Cl)cc2)Cc2ccc(OC)cc2)cc1. The Morgan fingerprint density at radius 2 is 1.21 bits per heavy atom. The lowest BCUT2D eigenvalue weighted by Gasteiger charge is -2.20. The van der Waals surface area contributed by atoms with Gasteiger partial charge in [-0.15, -0.1) is 0 Å². The first kappa shape index (κ1) is 20.8. The molecular formula is C25H24ClNO2. The number of hydrogen-bond donors (Lipinski definition) is 0. The van der Waals surface area contributed by atoms with Gasteiger partial charge in [-0.1, -0.05) is 47.7 Å². The number of benzene rings is 3. The van der Waals surface area contributed by atoms with Crippen molar-refractivity contribution in [3.8, 4) is 23.3 Å². The van der Waals surface area contributed by atoms with E-state index in [4.69, 9.17) is 21.1 Å². The van der Waals surface area contributed by atoms with Gasteiger partial charge in [0.1, 0.15) is 11.5 Å². The van der Waals surface area contributed by atoms with Gasteiger partial charge in [0.25, 0.3) is 0 Å². The lowest BCUT2D eigenvalue weighted by molar-refractivity contribution is 0.290. The van der Waals surface area contributed by atoms with Crippen molar-refractivity contribution < 1.29 is 9.47 Å². The molecule has 0 heterocycles. The lowest BCUT2D eigenvalue weighted by atomic mass is 10.1. The summed E-state index contributed by atoms with van der Waals surface area (Å²) in [6.45, 7) is 2.25. The fourth-order valence-electron chi connectivity index (χ4n) is 2.93. The molecule has 3 aromatic carbocycles. The molecule has 0 N–H and O–H groups in total. The van der Waals surface area contributed by atoms with Gasteiger partial charge in [-0.2, -0.15) is 0 Å². The summed E-state index contributed by atoms with van der Waals surface area (Å²) in [4.78, 5) is 2.31. The summed E-state index contributed by atoms with van der Waals surface area (Å²) in [6.07, 6.45) is 0. The van der Waals surface area contributed by atoms with Crippen LogP contribution in [0.2, 0.25) is 5.02 Å². The topological polar surface area (TPSA) is 21.7 Å². The molecule has 3 aromatic rings. The second kappa shape index (κ2) is 10.6. The van der Waals surface area contributed by atoms with E-state index in [0.717, 1.165) is 35.2 Å². The number of nitrogens with zero attached hydrogens (tertiary/aromatic N) is 1. The summed E-state index contributed by atoms with van der Waals surface area (Å²) in [6, 6.07) is 23.9. The van der Waals surface area contributed by atoms with Crippen LogP contribution in [-0.2, 0) is 13.1 Å². The summed E-state index contributed by atoms with van der Waals surface area (Å²) >= 11 is 5.95. The monoisotopic (exact) mass is 405 g/mol. The summed E-state index contributed by atoms with van der Waals surface area (Å²) in [5.41, 5.74) is 3.39. The minimum atomic E-state index is 0.653. The molecule has 0 saturated heterocycles. The number of hydrogen-bond acceptors (Lipinski definition) is 3. The average Bonchev–Trinajstić information content (AvgIpc) is 2.76. The fourth-order valence-corrected chi connectivity index (χ4v) is 3.06. The van der Waals surface area contributed by atoms with Crippen molar-refractivity contribution in [3.63, 3.8) is 0 Å². The number of rotatable bonds is 7. The van der Waals surface area contributed by atoms with Gasteiger partial charge in [-0.25, -0.2) is 0 Å². The maximum absolute atomic E-state index is 5.95. The zero-order chi connectivity index (χ0) is 20.5. The Morgan fingerprint density at radius 3 is 1.66 bits per heavy atom. The van der Waals surface area contributed by atoms with Gasteiger partial charge in [0.05, 0.1) is 20.8 Å². The Balaban J connectivity index is 1.73. The van der Waals surface area contributed by atoms with Crippen molar-refractivity contribution in [3.05, 3.63) is 94.5 Å². The van der Waals surface area contributed by atoms with Crippen LogP contribution in [0.5, 0.6) is 11.5 Å². The maximum Gasteiger partial charge on any atom is 0.118 e. The van der Waals surface area contributed by atoms with Crippen LogP contribution in [0.25, 0.3) is 0 Å². The Labute approximate surface area is 177 Å². The van der Waals surface area contributed by atoms with Crippen molar-refractivity contribution >= 4 is 11.6 Å². The van der Waals surface area contributed by atoms with Gasteiger partial charge in [0.15, 0.2) is 0 Å². The van der Waals surface area contributed by atoms with Crippen molar-refractivity contribution in [2.45, 2.75) is 13.1 Å². The Morgan fingerprint density at radius 1 is 0.724 bits per heavy atom. The average molecular weight is 406 g/mol. The van der Waals surface area contributed by atoms with Gasteiger partial charge in [0.2, 0.25) is 0 Å². The van der Waals surface area contributed by atoms with Crippen LogP contribution in [0.3, 0.4) is 0 Å². The van der Waals surface area contributed by atoms with Crippen LogP contribution in [0.4, 0.5) is 0 Å². The van der Waals surface area contributed by atoms with E-state index in [-0.39, 0.29) is 0 Å². The van der Waals surface area contributed by atoms with Crippen molar-refractivity contribution in [2.75, 3.05) is 20.8 Å². The third-order valence-corrected chi connectivity index (χ3v) is 4.76. The van der Waals surface area contributed by atoms with Gasteiger partial charge >= 0.3 is 0 Å². The molecule has 0 aliphatic rings. The van der Waals surface area contributed by atoms with Crippen LogP contribution < -0.4 is 9.47 Å². The van der Waals surface area contributed by atoms with Crippen molar-refractivity contribution in [2.24, 2.45) is 0 Å². The van der Waals surface area contributed by atoms with Crippen LogP contribution in [-0.4, -0.2) is 25.7 Å². The molecule has 0 aliphatic heterocycles. The van der Waals surface area contributed by atoms with Crippen LogP contribution in [0.1, 0.15) is 16.7 Å². The first-order valence-electron chi connectivity index (χ1n) is 9.39. The highest BCUT2D eigenvalue weighted by molar-refractivity contribution is 6.30. The summed E-state index contributed by atoms with van der Waals surface area (Å²) < 4.78 is 10.5. The molecule has 0 radical (unpaired) electrons. The summed E-state index contributed by atoms with van der Waals surface area (Å²) in [5.74, 6) is 8.23. The van der Waals surface area contributed by atoms with Crippen LogP contribution in [0, 0.1) is 11.8 Å². The molecule has 0 saturated carbocycles. The van der Waals surface area contributed by atoms with Crippen LogP contribution in [0.15, 0.2) is 72.8 Å². The minimum Gasteiger partial charge on any atom is -0.497 e. The third kappa shape index (κ3) is 6.57. The summed E-state index contributed by atoms with van der Waals surface area (Å²) in [5, 5.41) is 0.719. The van der Waals surface area contributed by atoms with Crippen molar-refractivity contribution in [1.82, 2.24) is 4.90 Å². The van der Waals surface area contributed by atoms with E-state index in [1.165, 1.54) is 11.1 Å². The fraction of sp³-hybridized carbons (Fsp3) is 0.200. The number of methoxy groups -OCH3 is 2. The van der Waals surface area contributed by atoms with Crippen LogP contribution >= 0.6 is 11.6 Å². The predicted octanol–water partition coefficient (Wildman–Crippen LogP) is 5.41. The summed E-state index contributed by atoms with van der Waals surface area (Å²) in [7, 11) is 3.36. The zero-order valence-corrected chi connectivity index (χ0v) is 17.4. The van der Waals surface area contributed by atoms with E-state index in [1.54, 1.807) is 14.2 Å². The highest BCUT2D eigenvalue weighted by Gasteiger charge is 2.07. The normalized spacial score (nSPS) is 10.3. The van der Waals surface area contributed by atoms with E-state index < -0.39 is 0 Å². The predicted molar refractivity (Wildman–Crippen MR) is 118 cm³/mol. The molecule has 0 aromatic heterocycles. The molecule has 3 rings (SSSR count). The van der Waals surface area contributed by atoms with E-state index >= 15 is 0 Å². The van der Waals surface area contributed by atoms with E-state index in [1.807, 2.05) is 48.5 Å². The highest BCUT2D eigenvalue weighted by Crippen LogP contribution is 2.16. The molecular weight excluding hydrogens is 382 g/mol. The molecule has 0 fully saturated rings. The first-order valence-corrected chi connectivity index (χ1v) is 9.77. The second-order valence-electron chi connectivity index (χ2n) is 6.65. The minimum absolute atomic E-state index is 0.653. The van der Waals surface area contributed by atoms with Gasteiger partial charge in [-0.3, -0.25) is 4.90 Å². The molecule has 0 spiro atoms. The highest BCUT2D eigenvalue weighted by atomic mass is 35.5. The molecule has 0 aliphatic carbocycles. The number of ether oxygens (including phenoxy) is 2. The molecule has 3 nitrogen and oxygen atoms in total. The quantitative estimate of drug-likeness (QED) is 0.490. The Kier molecular flexibility index (Phi) is 7.58. The molecule has 0 atom stereocenters. The second-order valence-corrected chi connectivity index (χ2v) is 7.09. The lowest BCUT2D eigenvalue weighted by Crippen LogP contribution is -2.23. The van der Waals surface area contributed by atoms with Gasteiger partial charge < -0.3 is 9.47 Å². The molecule has 0 amide bonds. The van der Waals surface area contributed by atoms with Gasteiger partial charge in [-0.05, 0) is 59.7 Å². The molecule has 148 valence electrons. The smallest absolute Gasteiger partial charge is 0.118 e. The standard InChI is InChI=1S/C25H24ClNO2/c1-28-24-13-7-21(8-14-24)18-27(19-22-9-15-25(29-2)16-10-22)17-3-4-20-5-11-23(26)12-6-20/h5-16H,17-19H2,1-2H3. The van der Waals surface area contributed by atoms with E-state index in [2.05, 4.69) is 41.0 Å².